The third-order valence-corrected chi connectivity index (χ3v) is 3.20. The zero-order valence-electron chi connectivity index (χ0n) is 9.35. The van der Waals surface area contributed by atoms with Crippen molar-refractivity contribution >= 4 is 27.3 Å². The van der Waals surface area contributed by atoms with Crippen molar-refractivity contribution in [3.05, 3.63) is 57.8 Å². The van der Waals surface area contributed by atoms with E-state index in [0.717, 1.165) is 6.07 Å². The van der Waals surface area contributed by atoms with Gasteiger partial charge in [-0.2, -0.15) is 5.26 Å². The molecule has 2 aromatic rings. The molecule has 0 spiro atoms. The van der Waals surface area contributed by atoms with E-state index in [9.17, 15) is 13.2 Å². The Bertz CT molecular complexity index is 680. The second-order valence-electron chi connectivity index (χ2n) is 3.63. The molecule has 96 valence electrons. The molecule has 2 rings (SSSR count). The van der Waals surface area contributed by atoms with Crippen molar-refractivity contribution in [3.63, 3.8) is 0 Å². The number of nitrogens with one attached hydrogen (secondary N) is 1. The fourth-order valence-corrected chi connectivity index (χ4v) is 1.91. The lowest BCUT2D eigenvalue weighted by atomic mass is 10.2. The van der Waals surface area contributed by atoms with Gasteiger partial charge in [0.05, 0.1) is 21.4 Å². The van der Waals surface area contributed by atoms with Crippen molar-refractivity contribution in [2.75, 3.05) is 5.32 Å². The van der Waals surface area contributed by atoms with Crippen LogP contribution in [0.2, 0.25) is 0 Å². The molecule has 0 aliphatic carbocycles. The van der Waals surface area contributed by atoms with E-state index in [1.54, 1.807) is 6.07 Å². The maximum atomic E-state index is 13.9. The summed E-state index contributed by atoms with van der Waals surface area (Å²) in [5.41, 5.74) is -0.131. The number of halogens is 4. The Labute approximate surface area is 115 Å². The number of rotatable bonds is 2. The van der Waals surface area contributed by atoms with Crippen LogP contribution in [0.3, 0.4) is 0 Å². The van der Waals surface area contributed by atoms with Crippen molar-refractivity contribution in [2.45, 2.75) is 0 Å². The summed E-state index contributed by atoms with van der Waals surface area (Å²) in [5, 5.41) is 11.2. The van der Waals surface area contributed by atoms with E-state index < -0.39 is 17.5 Å². The van der Waals surface area contributed by atoms with Crippen molar-refractivity contribution in [1.29, 1.82) is 5.26 Å². The fraction of sp³-hybridized carbons (Fsp3) is 0. The number of anilines is 2. The molecule has 0 aliphatic heterocycles. The van der Waals surface area contributed by atoms with Crippen LogP contribution in [0.1, 0.15) is 5.56 Å². The molecule has 0 aliphatic rings. The normalized spacial score (nSPS) is 10.1. The van der Waals surface area contributed by atoms with Gasteiger partial charge < -0.3 is 5.32 Å². The molecule has 0 bridgehead atoms. The van der Waals surface area contributed by atoms with E-state index in [4.69, 9.17) is 5.26 Å². The first-order valence-electron chi connectivity index (χ1n) is 5.13. The monoisotopic (exact) mass is 326 g/mol. The summed E-state index contributed by atoms with van der Waals surface area (Å²) >= 11 is 2.93. The van der Waals surface area contributed by atoms with Crippen LogP contribution in [0, 0.1) is 28.8 Å². The number of hydrogen-bond donors (Lipinski definition) is 1. The second kappa shape index (κ2) is 5.33. The largest absolute Gasteiger partial charge is 0.351 e. The Morgan fingerprint density at radius 1 is 1.00 bits per heavy atom. The highest BCUT2D eigenvalue weighted by Gasteiger charge is 2.13. The van der Waals surface area contributed by atoms with Crippen LogP contribution in [0.4, 0.5) is 24.5 Å². The maximum absolute atomic E-state index is 13.9. The quantitative estimate of drug-likeness (QED) is 0.883. The van der Waals surface area contributed by atoms with E-state index in [0.29, 0.717) is 0 Å². The third-order valence-electron chi connectivity index (χ3n) is 2.42. The molecule has 0 heterocycles. The van der Waals surface area contributed by atoms with E-state index in [1.807, 2.05) is 0 Å². The minimum absolute atomic E-state index is 0.0307. The molecule has 0 unspecified atom stereocenters. The summed E-state index contributed by atoms with van der Waals surface area (Å²) in [6.07, 6.45) is 0. The molecule has 0 atom stereocenters. The summed E-state index contributed by atoms with van der Waals surface area (Å²) in [6, 6.07) is 8.00. The zero-order valence-corrected chi connectivity index (χ0v) is 10.9. The van der Waals surface area contributed by atoms with Crippen molar-refractivity contribution in [2.24, 2.45) is 0 Å². The van der Waals surface area contributed by atoms with E-state index >= 15 is 0 Å². The van der Waals surface area contributed by atoms with Crippen LogP contribution >= 0.6 is 15.9 Å². The first-order valence-corrected chi connectivity index (χ1v) is 5.93. The van der Waals surface area contributed by atoms with Crippen LogP contribution < -0.4 is 5.32 Å². The number of nitrogens with zero attached hydrogens (tertiary/aromatic N) is 1. The highest BCUT2D eigenvalue weighted by atomic mass is 79.9. The van der Waals surface area contributed by atoms with Crippen molar-refractivity contribution < 1.29 is 13.2 Å². The third kappa shape index (κ3) is 2.56. The van der Waals surface area contributed by atoms with E-state index in [2.05, 4.69) is 21.2 Å². The Kier molecular flexibility index (Phi) is 3.76. The smallest absolute Gasteiger partial charge is 0.182 e. The molecule has 6 heteroatoms. The average molecular weight is 327 g/mol. The summed E-state index contributed by atoms with van der Waals surface area (Å²) < 4.78 is 40.3. The molecule has 2 nitrogen and oxygen atoms in total. The SMILES string of the molecule is N#Cc1ccc(Nc2cccc(F)c2F)c(F)c1Br. The summed E-state index contributed by atoms with van der Waals surface area (Å²) in [7, 11) is 0. The van der Waals surface area contributed by atoms with Crippen LogP contribution in [0.15, 0.2) is 34.8 Å². The molecule has 0 radical (unpaired) electrons. The highest BCUT2D eigenvalue weighted by Crippen LogP contribution is 2.29. The Hall–Kier alpha value is -2.00. The molecule has 19 heavy (non-hydrogen) atoms. The van der Waals surface area contributed by atoms with Crippen molar-refractivity contribution in [3.8, 4) is 6.07 Å². The van der Waals surface area contributed by atoms with Crippen LogP contribution in [-0.2, 0) is 0 Å². The van der Waals surface area contributed by atoms with Gasteiger partial charge in [-0.05, 0) is 40.2 Å². The highest BCUT2D eigenvalue weighted by molar-refractivity contribution is 9.10. The first kappa shape index (κ1) is 13.4. The Balaban J connectivity index is 2.43. The number of benzene rings is 2. The van der Waals surface area contributed by atoms with Crippen LogP contribution in [0.5, 0.6) is 0 Å². The van der Waals surface area contributed by atoms with Crippen LogP contribution in [-0.4, -0.2) is 0 Å². The first-order chi connectivity index (χ1) is 9.04. The molecular formula is C13H6BrF3N2. The summed E-state index contributed by atoms with van der Waals surface area (Å²) in [6.45, 7) is 0. The standard InChI is InChI=1S/C13H6BrF3N2/c14-11-7(6-18)4-5-10(13(11)17)19-9-3-1-2-8(15)12(9)16/h1-5,19H. The maximum Gasteiger partial charge on any atom is 0.182 e. The molecule has 1 N–H and O–H groups in total. The lowest BCUT2D eigenvalue weighted by molar-refractivity contribution is 0.511. The van der Waals surface area contributed by atoms with E-state index in [1.165, 1.54) is 24.3 Å². The molecule has 0 fully saturated rings. The molecule has 0 aromatic heterocycles. The average Bonchev–Trinajstić information content (AvgIpc) is 2.40. The van der Waals surface area contributed by atoms with Gasteiger partial charge in [-0.25, -0.2) is 13.2 Å². The minimum Gasteiger partial charge on any atom is -0.351 e. The number of nitriles is 1. The van der Waals surface area contributed by atoms with Gasteiger partial charge in [0.25, 0.3) is 0 Å². The van der Waals surface area contributed by atoms with Gasteiger partial charge >= 0.3 is 0 Å². The predicted octanol–water partition coefficient (Wildman–Crippen LogP) is 4.48. The lowest BCUT2D eigenvalue weighted by Gasteiger charge is -2.10. The van der Waals surface area contributed by atoms with Gasteiger partial charge in [-0.1, -0.05) is 6.07 Å². The van der Waals surface area contributed by atoms with Gasteiger partial charge in [-0.3, -0.25) is 0 Å². The fourth-order valence-electron chi connectivity index (χ4n) is 1.48. The molecule has 0 saturated carbocycles. The molecular weight excluding hydrogens is 321 g/mol. The number of hydrogen-bond acceptors (Lipinski definition) is 2. The topological polar surface area (TPSA) is 35.8 Å². The lowest BCUT2D eigenvalue weighted by Crippen LogP contribution is -1.99. The van der Waals surface area contributed by atoms with Crippen molar-refractivity contribution in [1.82, 2.24) is 0 Å². The zero-order chi connectivity index (χ0) is 14.0. The van der Waals surface area contributed by atoms with Gasteiger partial charge in [0.15, 0.2) is 17.5 Å². The second-order valence-corrected chi connectivity index (χ2v) is 4.42. The van der Waals surface area contributed by atoms with E-state index in [-0.39, 0.29) is 21.4 Å². The Morgan fingerprint density at radius 3 is 2.37 bits per heavy atom. The minimum atomic E-state index is -1.10. The summed E-state index contributed by atoms with van der Waals surface area (Å²) in [5.74, 6) is -2.87. The van der Waals surface area contributed by atoms with Gasteiger partial charge in [0, 0.05) is 0 Å². The van der Waals surface area contributed by atoms with Gasteiger partial charge in [0.1, 0.15) is 6.07 Å². The molecule has 2 aromatic carbocycles. The van der Waals surface area contributed by atoms with Gasteiger partial charge in [-0.15, -0.1) is 0 Å². The molecule has 0 saturated heterocycles. The van der Waals surface area contributed by atoms with Gasteiger partial charge in [0.2, 0.25) is 0 Å². The Morgan fingerprint density at radius 2 is 1.68 bits per heavy atom. The van der Waals surface area contributed by atoms with Crippen LogP contribution in [0.25, 0.3) is 0 Å². The summed E-state index contributed by atoms with van der Waals surface area (Å²) in [4.78, 5) is 0. The predicted molar refractivity (Wildman–Crippen MR) is 68.5 cm³/mol. The molecule has 0 amide bonds.